The molecule has 1 aromatic heterocycles. The Kier molecular flexibility index (Phi) is 3.53. The number of aliphatic hydroxyl groups excluding tert-OH is 1. The van der Waals surface area contributed by atoms with Gasteiger partial charge in [-0.05, 0) is 36.2 Å². The van der Waals surface area contributed by atoms with E-state index in [2.05, 4.69) is 10.2 Å². The van der Waals surface area contributed by atoms with Crippen LogP contribution in [0.4, 0.5) is 4.39 Å². The summed E-state index contributed by atoms with van der Waals surface area (Å²) in [5, 5.41) is 17.8. The Morgan fingerprint density at radius 3 is 2.56 bits per heavy atom. The zero-order valence-corrected chi connectivity index (χ0v) is 10.1. The molecule has 0 radical (unpaired) electrons. The second-order valence-corrected chi connectivity index (χ2v) is 3.90. The van der Waals surface area contributed by atoms with Crippen molar-refractivity contribution in [1.29, 1.82) is 0 Å². The quantitative estimate of drug-likeness (QED) is 0.902. The van der Waals surface area contributed by atoms with Crippen molar-refractivity contribution >= 4 is 0 Å². The number of hydrogen-bond acceptors (Lipinski definition) is 4. The van der Waals surface area contributed by atoms with E-state index in [1.54, 1.807) is 25.1 Å². The zero-order valence-electron chi connectivity index (χ0n) is 10.1. The number of methoxy groups -OCH3 is 1. The van der Waals surface area contributed by atoms with Crippen molar-refractivity contribution in [1.82, 2.24) is 10.2 Å². The minimum absolute atomic E-state index is 0.329. The first-order chi connectivity index (χ1) is 8.61. The predicted octanol–water partition coefficient (Wildman–Crippen LogP) is 2.01. The van der Waals surface area contributed by atoms with Gasteiger partial charge in [-0.15, -0.1) is 10.2 Å². The maximum Gasteiger partial charge on any atom is 0.233 e. The summed E-state index contributed by atoms with van der Waals surface area (Å²) in [4.78, 5) is 0. The summed E-state index contributed by atoms with van der Waals surface area (Å²) in [5.74, 6) is 0.0473. The van der Waals surface area contributed by atoms with Gasteiger partial charge < -0.3 is 9.84 Å². The number of aryl methyl sites for hydroxylation is 1. The third kappa shape index (κ3) is 2.46. The van der Waals surface area contributed by atoms with Gasteiger partial charge in [0.05, 0.1) is 12.8 Å². The Morgan fingerprint density at radius 2 is 2.00 bits per heavy atom. The summed E-state index contributed by atoms with van der Waals surface area (Å²) in [6, 6.07) is 7.46. The fourth-order valence-electron chi connectivity index (χ4n) is 1.69. The van der Waals surface area contributed by atoms with Crippen LogP contribution in [0.3, 0.4) is 0 Å². The molecular formula is C13H13FN2O2. The van der Waals surface area contributed by atoms with Crippen molar-refractivity contribution in [2.24, 2.45) is 0 Å². The van der Waals surface area contributed by atoms with Crippen LogP contribution in [0.25, 0.3) is 0 Å². The molecule has 2 aromatic rings. The maximum atomic E-state index is 13.0. The molecule has 1 aromatic carbocycles. The Morgan fingerprint density at radius 1 is 1.22 bits per heavy atom. The molecule has 1 N–H and O–H groups in total. The minimum atomic E-state index is -0.927. The number of aromatic nitrogens is 2. The van der Waals surface area contributed by atoms with Gasteiger partial charge in [0.1, 0.15) is 11.9 Å². The number of halogens is 1. The van der Waals surface area contributed by atoms with Crippen molar-refractivity contribution in [3.63, 3.8) is 0 Å². The molecule has 4 nitrogen and oxygen atoms in total. The number of rotatable bonds is 3. The molecule has 0 aliphatic carbocycles. The van der Waals surface area contributed by atoms with E-state index in [9.17, 15) is 9.50 Å². The lowest BCUT2D eigenvalue weighted by atomic mass is 10.0. The first-order valence-electron chi connectivity index (χ1n) is 5.43. The number of aliphatic hydroxyl groups is 1. The van der Waals surface area contributed by atoms with Crippen LogP contribution < -0.4 is 4.74 Å². The number of hydrogen-bond donors (Lipinski definition) is 1. The lowest BCUT2D eigenvalue weighted by Gasteiger charge is -2.12. The summed E-state index contributed by atoms with van der Waals surface area (Å²) in [7, 11) is 1.49. The van der Waals surface area contributed by atoms with Gasteiger partial charge in [0.25, 0.3) is 0 Å². The SMILES string of the molecule is COc1ccc(C(O)c2ccc(F)cc2C)nn1. The Bertz CT molecular complexity index is 543. The van der Waals surface area contributed by atoms with Crippen molar-refractivity contribution in [2.75, 3.05) is 7.11 Å². The van der Waals surface area contributed by atoms with Crippen LogP contribution in [0.2, 0.25) is 0 Å². The molecule has 1 heterocycles. The number of ether oxygens (including phenoxy) is 1. The van der Waals surface area contributed by atoms with E-state index < -0.39 is 6.10 Å². The van der Waals surface area contributed by atoms with E-state index in [-0.39, 0.29) is 5.82 Å². The molecule has 1 unspecified atom stereocenters. The highest BCUT2D eigenvalue weighted by Crippen LogP contribution is 2.24. The van der Waals surface area contributed by atoms with Crippen LogP contribution >= 0.6 is 0 Å². The highest BCUT2D eigenvalue weighted by Gasteiger charge is 2.15. The van der Waals surface area contributed by atoms with E-state index >= 15 is 0 Å². The monoisotopic (exact) mass is 248 g/mol. The highest BCUT2D eigenvalue weighted by atomic mass is 19.1. The number of nitrogens with zero attached hydrogens (tertiary/aromatic N) is 2. The Hall–Kier alpha value is -2.01. The summed E-state index contributed by atoms with van der Waals surface area (Å²) in [6.45, 7) is 1.73. The predicted molar refractivity (Wildman–Crippen MR) is 63.8 cm³/mol. The molecule has 0 amide bonds. The fraction of sp³-hybridized carbons (Fsp3) is 0.231. The van der Waals surface area contributed by atoms with Gasteiger partial charge in [-0.1, -0.05) is 6.07 Å². The minimum Gasteiger partial charge on any atom is -0.480 e. The molecule has 0 saturated carbocycles. The van der Waals surface area contributed by atoms with Crippen LogP contribution in [0.1, 0.15) is 22.9 Å². The lowest BCUT2D eigenvalue weighted by molar-refractivity contribution is 0.212. The fourth-order valence-corrected chi connectivity index (χ4v) is 1.69. The van der Waals surface area contributed by atoms with Crippen LogP contribution in [0.5, 0.6) is 5.88 Å². The molecule has 94 valence electrons. The summed E-state index contributed by atoms with van der Waals surface area (Å²) < 4.78 is 17.9. The lowest BCUT2D eigenvalue weighted by Crippen LogP contribution is -2.06. The van der Waals surface area contributed by atoms with E-state index in [0.717, 1.165) is 0 Å². The van der Waals surface area contributed by atoms with E-state index in [1.165, 1.54) is 19.2 Å². The van der Waals surface area contributed by atoms with Gasteiger partial charge in [-0.3, -0.25) is 0 Å². The molecule has 0 aliphatic heterocycles. The molecule has 18 heavy (non-hydrogen) atoms. The topological polar surface area (TPSA) is 55.2 Å². The van der Waals surface area contributed by atoms with Crippen molar-refractivity contribution in [3.8, 4) is 5.88 Å². The Labute approximate surface area is 104 Å². The second-order valence-electron chi connectivity index (χ2n) is 3.90. The van der Waals surface area contributed by atoms with Crippen LogP contribution in [-0.2, 0) is 0 Å². The average Bonchev–Trinajstić information content (AvgIpc) is 2.38. The van der Waals surface area contributed by atoms with Gasteiger partial charge in [-0.25, -0.2) is 4.39 Å². The van der Waals surface area contributed by atoms with Gasteiger partial charge >= 0.3 is 0 Å². The summed E-state index contributed by atoms with van der Waals surface area (Å²) >= 11 is 0. The number of benzene rings is 1. The zero-order chi connectivity index (χ0) is 13.1. The van der Waals surface area contributed by atoms with Crippen LogP contribution in [0.15, 0.2) is 30.3 Å². The molecule has 0 aliphatic rings. The molecule has 0 fully saturated rings. The van der Waals surface area contributed by atoms with Crippen molar-refractivity contribution < 1.29 is 14.2 Å². The van der Waals surface area contributed by atoms with Gasteiger partial charge in [-0.2, -0.15) is 0 Å². The second kappa shape index (κ2) is 5.10. The molecule has 2 rings (SSSR count). The normalized spacial score (nSPS) is 12.2. The molecule has 0 spiro atoms. The van der Waals surface area contributed by atoms with E-state index in [1.807, 2.05) is 0 Å². The summed E-state index contributed by atoms with van der Waals surface area (Å²) in [5.41, 5.74) is 1.67. The smallest absolute Gasteiger partial charge is 0.233 e. The van der Waals surface area contributed by atoms with Crippen molar-refractivity contribution in [2.45, 2.75) is 13.0 Å². The first-order valence-corrected chi connectivity index (χ1v) is 5.43. The molecule has 1 atom stereocenters. The average molecular weight is 248 g/mol. The maximum absolute atomic E-state index is 13.0. The third-order valence-corrected chi connectivity index (χ3v) is 2.68. The van der Waals surface area contributed by atoms with Gasteiger partial charge in [0.2, 0.25) is 5.88 Å². The van der Waals surface area contributed by atoms with Gasteiger partial charge in [0, 0.05) is 6.07 Å². The third-order valence-electron chi connectivity index (χ3n) is 2.68. The van der Waals surface area contributed by atoms with Gasteiger partial charge in [0.15, 0.2) is 0 Å². The van der Waals surface area contributed by atoms with Crippen LogP contribution in [-0.4, -0.2) is 22.4 Å². The van der Waals surface area contributed by atoms with Crippen LogP contribution in [0, 0.1) is 12.7 Å². The standard InChI is InChI=1S/C13H13FN2O2/c1-8-7-9(14)3-4-10(8)13(17)11-5-6-12(18-2)16-15-11/h3-7,13,17H,1-2H3. The highest BCUT2D eigenvalue weighted by molar-refractivity contribution is 5.33. The molecule has 5 heteroatoms. The van der Waals surface area contributed by atoms with E-state index in [0.29, 0.717) is 22.7 Å². The molecule has 0 bridgehead atoms. The van der Waals surface area contributed by atoms with Crippen molar-refractivity contribution in [3.05, 3.63) is 53.0 Å². The molecular weight excluding hydrogens is 235 g/mol. The summed E-state index contributed by atoms with van der Waals surface area (Å²) in [6.07, 6.45) is -0.927. The first kappa shape index (κ1) is 12.4. The largest absolute Gasteiger partial charge is 0.480 e. The molecule has 0 saturated heterocycles. The van der Waals surface area contributed by atoms with E-state index in [4.69, 9.17) is 4.74 Å². The Balaban J connectivity index is 2.31.